The molecule has 1 aliphatic heterocycles. The zero-order chi connectivity index (χ0) is 20.9. The van der Waals surface area contributed by atoms with Crippen molar-refractivity contribution in [2.24, 2.45) is 16.8 Å². The Hall–Kier alpha value is -3.78. The first-order chi connectivity index (χ1) is 14.7. The van der Waals surface area contributed by atoms with E-state index in [2.05, 4.69) is 17.2 Å². The summed E-state index contributed by atoms with van der Waals surface area (Å²) in [5.41, 5.74) is 7.61. The Morgan fingerprint density at radius 3 is 2.40 bits per heavy atom. The Bertz CT molecular complexity index is 1170. The van der Waals surface area contributed by atoms with Crippen molar-refractivity contribution in [1.82, 2.24) is 0 Å². The predicted octanol–water partition coefficient (Wildman–Crippen LogP) is 4.64. The molecule has 2 heterocycles. The number of rotatable bonds is 5. The molecule has 0 fully saturated rings. The summed E-state index contributed by atoms with van der Waals surface area (Å²) >= 11 is 1.49. The summed E-state index contributed by atoms with van der Waals surface area (Å²) in [4.78, 5) is 1.05. The summed E-state index contributed by atoms with van der Waals surface area (Å²) < 4.78 is 5.84. The van der Waals surface area contributed by atoms with Crippen LogP contribution in [0.15, 0.2) is 97.9 Å². The van der Waals surface area contributed by atoms with Crippen LogP contribution in [0, 0.1) is 28.6 Å². The largest absolute Gasteiger partial charge is 0.450 e. The van der Waals surface area contributed by atoms with Crippen molar-refractivity contribution in [3.05, 3.63) is 84.1 Å². The van der Waals surface area contributed by atoms with Crippen LogP contribution in [0.3, 0.4) is 0 Å². The molecule has 7 heteroatoms. The predicted molar refractivity (Wildman–Crippen MR) is 116 cm³/mol. The van der Waals surface area contributed by atoms with Gasteiger partial charge in [0, 0.05) is 11.0 Å². The Balaban J connectivity index is 1.62. The number of anilines is 1. The second-order valence-corrected chi connectivity index (χ2v) is 7.58. The van der Waals surface area contributed by atoms with E-state index in [1.165, 1.54) is 11.8 Å². The van der Waals surface area contributed by atoms with Crippen molar-refractivity contribution >= 4 is 29.2 Å². The second-order valence-electron chi connectivity index (χ2n) is 6.50. The standard InChI is InChI=1S/C23H17N5OS/c24-14-16(13-18-11-12-21(29-18)30-19-9-5-2-6-10-19)22-20(15-25)23(26)28(27-22)17-7-3-1-4-8-17/h1-13,20,23H,26H2/b16-13-/t20-,23+/m0/s1. The zero-order valence-corrected chi connectivity index (χ0v) is 16.7. The fourth-order valence-corrected chi connectivity index (χ4v) is 3.89. The number of nitrogens with two attached hydrogens (primary N) is 1. The Morgan fingerprint density at radius 2 is 1.73 bits per heavy atom. The molecule has 6 nitrogen and oxygen atoms in total. The summed E-state index contributed by atoms with van der Waals surface area (Å²) in [5.74, 6) is -0.222. The number of para-hydroxylation sites is 1. The lowest BCUT2D eigenvalue weighted by molar-refractivity contribution is 0.466. The fourth-order valence-electron chi connectivity index (χ4n) is 3.09. The first-order valence-corrected chi connectivity index (χ1v) is 10.0. The van der Waals surface area contributed by atoms with Gasteiger partial charge in [0.25, 0.3) is 0 Å². The lowest BCUT2D eigenvalue weighted by Crippen LogP contribution is -2.40. The van der Waals surface area contributed by atoms with Crippen LogP contribution in [0.5, 0.6) is 0 Å². The number of hydrogen-bond acceptors (Lipinski definition) is 7. The van der Waals surface area contributed by atoms with E-state index in [4.69, 9.17) is 10.2 Å². The Kier molecular flexibility index (Phi) is 5.67. The number of furan rings is 1. The molecule has 0 spiro atoms. The van der Waals surface area contributed by atoms with Gasteiger partial charge in [0.1, 0.15) is 23.9 Å². The summed E-state index contributed by atoms with van der Waals surface area (Å²) in [6.07, 6.45) is 0.921. The highest BCUT2D eigenvalue weighted by molar-refractivity contribution is 7.99. The maximum Gasteiger partial charge on any atom is 0.165 e. The summed E-state index contributed by atoms with van der Waals surface area (Å²) in [5, 5.41) is 26.2. The van der Waals surface area contributed by atoms with Crippen LogP contribution in [0.2, 0.25) is 0 Å². The molecule has 2 N–H and O–H groups in total. The minimum atomic E-state index is -0.732. The third kappa shape index (κ3) is 3.99. The first-order valence-electron chi connectivity index (χ1n) is 9.22. The van der Waals surface area contributed by atoms with E-state index >= 15 is 0 Å². The van der Waals surface area contributed by atoms with Gasteiger partial charge in [-0.25, -0.2) is 5.01 Å². The molecule has 30 heavy (non-hydrogen) atoms. The van der Waals surface area contributed by atoms with Crippen LogP contribution in [0.1, 0.15) is 5.76 Å². The van der Waals surface area contributed by atoms with Gasteiger partial charge in [0.2, 0.25) is 0 Å². The molecule has 2 atom stereocenters. The number of allylic oxidation sites excluding steroid dienone is 1. The van der Waals surface area contributed by atoms with Gasteiger partial charge in [0.05, 0.1) is 23.0 Å². The van der Waals surface area contributed by atoms with Crippen molar-refractivity contribution in [3.8, 4) is 12.1 Å². The van der Waals surface area contributed by atoms with Gasteiger partial charge < -0.3 is 10.2 Å². The van der Waals surface area contributed by atoms with Crippen LogP contribution < -0.4 is 10.7 Å². The van der Waals surface area contributed by atoms with Crippen molar-refractivity contribution in [1.29, 1.82) is 10.5 Å². The molecule has 1 aromatic heterocycles. The van der Waals surface area contributed by atoms with Gasteiger partial charge in [-0.3, -0.25) is 0 Å². The van der Waals surface area contributed by atoms with E-state index in [9.17, 15) is 10.5 Å². The van der Waals surface area contributed by atoms with Crippen LogP contribution >= 0.6 is 11.8 Å². The molecule has 0 unspecified atom stereocenters. The lowest BCUT2D eigenvalue weighted by atomic mass is 9.96. The third-order valence-electron chi connectivity index (χ3n) is 4.54. The number of hydrogen-bond donors (Lipinski definition) is 1. The summed E-state index contributed by atoms with van der Waals surface area (Å²) in [6.45, 7) is 0. The number of nitrogens with zero attached hydrogens (tertiary/aromatic N) is 4. The molecule has 146 valence electrons. The first kappa shape index (κ1) is 19.5. The number of nitriles is 2. The normalized spacial score (nSPS) is 18.6. The molecule has 0 amide bonds. The topological polar surface area (TPSA) is 102 Å². The molecular formula is C23H17N5OS. The van der Waals surface area contributed by atoms with Crippen molar-refractivity contribution in [2.45, 2.75) is 16.2 Å². The van der Waals surface area contributed by atoms with Crippen LogP contribution in [0.4, 0.5) is 5.69 Å². The van der Waals surface area contributed by atoms with E-state index in [1.54, 1.807) is 17.2 Å². The summed E-state index contributed by atoms with van der Waals surface area (Å²) in [6, 6.07) is 27.2. The third-order valence-corrected chi connectivity index (χ3v) is 5.47. The fraction of sp³-hybridized carbons (Fsp3) is 0.0870. The molecule has 0 bridgehead atoms. The average Bonchev–Trinajstić information content (AvgIpc) is 3.36. The molecule has 1 aliphatic rings. The smallest absolute Gasteiger partial charge is 0.165 e. The Morgan fingerprint density at radius 1 is 1.03 bits per heavy atom. The quantitative estimate of drug-likeness (QED) is 0.614. The minimum Gasteiger partial charge on any atom is -0.450 e. The number of hydrazone groups is 1. The molecule has 3 aromatic rings. The van der Waals surface area contributed by atoms with Crippen molar-refractivity contribution in [3.63, 3.8) is 0 Å². The minimum absolute atomic E-state index is 0.251. The van der Waals surface area contributed by atoms with E-state index in [0.717, 1.165) is 10.6 Å². The van der Waals surface area contributed by atoms with Gasteiger partial charge in [-0.2, -0.15) is 15.6 Å². The van der Waals surface area contributed by atoms with Crippen LogP contribution in [-0.2, 0) is 0 Å². The van der Waals surface area contributed by atoms with Gasteiger partial charge in [0.15, 0.2) is 5.09 Å². The Labute approximate surface area is 178 Å². The molecule has 0 saturated heterocycles. The van der Waals surface area contributed by atoms with E-state index in [-0.39, 0.29) is 5.57 Å². The molecule has 0 aliphatic carbocycles. The highest BCUT2D eigenvalue weighted by Gasteiger charge is 2.37. The molecule has 2 aromatic carbocycles. The zero-order valence-electron chi connectivity index (χ0n) is 15.8. The van der Waals surface area contributed by atoms with Gasteiger partial charge in [-0.15, -0.1) is 0 Å². The van der Waals surface area contributed by atoms with E-state index in [1.807, 2.05) is 66.7 Å². The van der Waals surface area contributed by atoms with Crippen molar-refractivity contribution < 1.29 is 4.42 Å². The molecule has 0 radical (unpaired) electrons. The highest BCUT2D eigenvalue weighted by Crippen LogP contribution is 2.31. The average molecular weight is 411 g/mol. The van der Waals surface area contributed by atoms with Crippen molar-refractivity contribution in [2.75, 3.05) is 5.01 Å². The SMILES string of the molecule is N#C/C(=C/c1ccc(Sc2ccccc2)o1)C1=NN(c2ccccc2)[C@@H](N)[C@H]1C#N. The maximum atomic E-state index is 9.73. The van der Waals surface area contributed by atoms with E-state index in [0.29, 0.717) is 16.6 Å². The highest BCUT2D eigenvalue weighted by atomic mass is 32.2. The second kappa shape index (κ2) is 8.71. The van der Waals surface area contributed by atoms with E-state index < -0.39 is 12.1 Å². The van der Waals surface area contributed by atoms with Gasteiger partial charge in [-0.05, 0) is 36.4 Å². The van der Waals surface area contributed by atoms with Gasteiger partial charge in [-0.1, -0.05) is 48.2 Å². The monoisotopic (exact) mass is 411 g/mol. The maximum absolute atomic E-state index is 9.73. The molecule has 0 saturated carbocycles. The molecule has 4 rings (SSSR count). The lowest BCUT2D eigenvalue weighted by Gasteiger charge is -2.21. The van der Waals surface area contributed by atoms with Crippen LogP contribution in [0.25, 0.3) is 6.08 Å². The van der Waals surface area contributed by atoms with Gasteiger partial charge >= 0.3 is 0 Å². The molecular weight excluding hydrogens is 394 g/mol. The van der Waals surface area contributed by atoms with Crippen LogP contribution in [-0.4, -0.2) is 11.9 Å². The summed E-state index contributed by atoms with van der Waals surface area (Å²) in [7, 11) is 0. The number of benzene rings is 2.